The van der Waals surface area contributed by atoms with Crippen LogP contribution < -0.4 is 15.6 Å². The molecule has 1 amide bonds. The lowest BCUT2D eigenvalue weighted by atomic mass is 9.97. The number of aliphatic hydroxyl groups is 1. The average molecular weight is 549 g/mol. The summed E-state index contributed by atoms with van der Waals surface area (Å²) < 4.78 is 51.9. The van der Waals surface area contributed by atoms with Gasteiger partial charge < -0.3 is 24.7 Å². The van der Waals surface area contributed by atoms with Crippen LogP contribution in [-0.2, 0) is 13.0 Å². The van der Waals surface area contributed by atoms with Gasteiger partial charge >= 0.3 is 5.92 Å². The Bertz CT molecular complexity index is 1620. The van der Waals surface area contributed by atoms with Gasteiger partial charge in [0.05, 0.1) is 16.0 Å². The number of rotatable bonds is 7. The summed E-state index contributed by atoms with van der Waals surface area (Å²) in [6.45, 7) is 7.12. The first-order valence-electron chi connectivity index (χ1n) is 11.7. The molecule has 0 atom stereocenters. The summed E-state index contributed by atoms with van der Waals surface area (Å²) in [5, 5.41) is 13.3. The molecule has 0 aliphatic rings. The number of nitrogens with zero attached hydrogens (tertiary/aromatic N) is 2. The minimum absolute atomic E-state index is 0.00446. The Labute approximate surface area is 220 Å². The number of halogens is 3. The summed E-state index contributed by atoms with van der Waals surface area (Å²) in [5.41, 5.74) is -1.87. The van der Waals surface area contributed by atoms with Crippen LogP contribution in [0.15, 0.2) is 29.3 Å². The van der Waals surface area contributed by atoms with Crippen molar-refractivity contribution in [3.63, 3.8) is 0 Å². The second-order valence-electron chi connectivity index (χ2n) is 9.52. The maximum atomic E-state index is 15.5. The molecule has 0 aromatic carbocycles. The number of nitrogens with one attached hydrogen (secondary N) is 2. The number of carbonyl (C=O) groups is 1. The standard InChI is InChI=1S/C26H27F3N4O4S/c1-7-30-22(34)17-9-15-16(11-33(6)24(35)18(15)32-17)20-19(37-23-12(2)8-14(27)10-31-23)13(3)21(38-20)26(28,29)25(4,5)36/h8-11,32,36H,7H2,1-6H3,(H,30,34). The number of hydrogen-bond donors (Lipinski definition) is 3. The van der Waals surface area contributed by atoms with Crippen molar-refractivity contribution >= 4 is 28.1 Å². The van der Waals surface area contributed by atoms with Gasteiger partial charge in [-0.15, -0.1) is 11.3 Å². The van der Waals surface area contributed by atoms with Crippen molar-refractivity contribution in [2.45, 2.75) is 46.1 Å². The molecule has 4 rings (SSSR count). The van der Waals surface area contributed by atoms with E-state index in [2.05, 4.69) is 15.3 Å². The molecule has 4 aromatic rings. The van der Waals surface area contributed by atoms with Gasteiger partial charge in [-0.3, -0.25) is 9.59 Å². The molecule has 0 unspecified atom stereocenters. The van der Waals surface area contributed by atoms with Crippen LogP contribution in [0.5, 0.6) is 11.6 Å². The highest BCUT2D eigenvalue weighted by Gasteiger charge is 2.50. The maximum Gasteiger partial charge on any atom is 0.310 e. The number of thiophene rings is 1. The zero-order valence-corrected chi connectivity index (χ0v) is 22.4. The van der Waals surface area contributed by atoms with Crippen LogP contribution in [-0.4, -0.2) is 37.7 Å². The lowest BCUT2D eigenvalue weighted by Gasteiger charge is -2.28. The van der Waals surface area contributed by atoms with E-state index < -0.39 is 33.7 Å². The number of alkyl halides is 2. The molecule has 0 aliphatic carbocycles. The number of aromatic nitrogens is 3. The number of hydrogen-bond acceptors (Lipinski definition) is 6. The van der Waals surface area contributed by atoms with Crippen LogP contribution in [0.2, 0.25) is 0 Å². The van der Waals surface area contributed by atoms with Crippen molar-refractivity contribution in [1.82, 2.24) is 19.9 Å². The number of carbonyl (C=O) groups excluding carboxylic acids is 1. The quantitative estimate of drug-likeness (QED) is 0.296. The second kappa shape index (κ2) is 9.59. The van der Waals surface area contributed by atoms with E-state index in [1.54, 1.807) is 13.8 Å². The molecule has 0 saturated heterocycles. The summed E-state index contributed by atoms with van der Waals surface area (Å²) in [7, 11) is 1.50. The van der Waals surface area contributed by atoms with E-state index in [1.165, 1.54) is 36.9 Å². The molecule has 4 aromatic heterocycles. The molecular formula is C26H27F3N4O4S. The normalized spacial score (nSPS) is 12.3. The predicted octanol–water partition coefficient (Wildman–Crippen LogP) is 5.15. The zero-order chi connectivity index (χ0) is 28.2. The summed E-state index contributed by atoms with van der Waals surface area (Å²) in [4.78, 5) is 32.0. The molecular weight excluding hydrogens is 521 g/mol. The van der Waals surface area contributed by atoms with Crippen LogP contribution in [0.25, 0.3) is 21.3 Å². The third-order valence-electron chi connectivity index (χ3n) is 6.13. The summed E-state index contributed by atoms with van der Waals surface area (Å²) in [6, 6.07) is 2.68. The SMILES string of the molecule is CCNC(=O)c1cc2c(-c3sc(C(F)(F)C(C)(C)O)c(C)c3Oc3ncc(F)cc3C)cn(C)c(=O)c2[nH]1. The summed E-state index contributed by atoms with van der Waals surface area (Å²) in [5.74, 6) is -4.68. The lowest BCUT2D eigenvalue weighted by molar-refractivity contribution is -0.166. The van der Waals surface area contributed by atoms with Crippen molar-refractivity contribution < 1.29 is 27.8 Å². The Morgan fingerprint density at radius 1 is 1.29 bits per heavy atom. The van der Waals surface area contributed by atoms with E-state index >= 15 is 8.78 Å². The largest absolute Gasteiger partial charge is 0.437 e. The topological polar surface area (TPSA) is 109 Å². The van der Waals surface area contributed by atoms with Gasteiger partial charge in [-0.2, -0.15) is 8.78 Å². The maximum absolute atomic E-state index is 15.5. The van der Waals surface area contributed by atoms with Gasteiger partial charge in [0.2, 0.25) is 5.88 Å². The molecule has 0 spiro atoms. The van der Waals surface area contributed by atoms with Crippen LogP contribution in [0.3, 0.4) is 0 Å². The first-order valence-corrected chi connectivity index (χ1v) is 12.5. The number of fused-ring (bicyclic) bond motifs is 1. The molecule has 4 heterocycles. The molecule has 8 nitrogen and oxygen atoms in total. The van der Waals surface area contributed by atoms with Gasteiger partial charge in [0.1, 0.15) is 22.6 Å². The van der Waals surface area contributed by atoms with Crippen molar-refractivity contribution in [3.8, 4) is 22.1 Å². The zero-order valence-electron chi connectivity index (χ0n) is 21.6. The summed E-state index contributed by atoms with van der Waals surface area (Å²) in [6.07, 6.45) is 2.42. The highest BCUT2D eigenvalue weighted by molar-refractivity contribution is 7.16. The minimum atomic E-state index is -3.67. The molecule has 0 bridgehead atoms. The van der Waals surface area contributed by atoms with Crippen LogP contribution in [0.1, 0.15) is 47.3 Å². The molecule has 12 heteroatoms. The fourth-order valence-electron chi connectivity index (χ4n) is 4.00. The fourth-order valence-corrected chi connectivity index (χ4v) is 5.39. The van der Waals surface area contributed by atoms with Crippen LogP contribution in [0, 0.1) is 19.7 Å². The van der Waals surface area contributed by atoms with E-state index in [0.29, 0.717) is 34.4 Å². The Morgan fingerprint density at radius 2 is 1.97 bits per heavy atom. The molecule has 0 radical (unpaired) electrons. The third kappa shape index (κ3) is 4.58. The predicted molar refractivity (Wildman–Crippen MR) is 139 cm³/mol. The van der Waals surface area contributed by atoms with Crippen LogP contribution in [0.4, 0.5) is 13.2 Å². The van der Waals surface area contributed by atoms with Gasteiger partial charge in [0.25, 0.3) is 11.5 Å². The van der Waals surface area contributed by atoms with E-state index in [0.717, 1.165) is 20.0 Å². The first-order chi connectivity index (χ1) is 17.7. The molecule has 202 valence electrons. The van der Waals surface area contributed by atoms with Crippen molar-refractivity contribution in [3.05, 3.63) is 62.4 Å². The van der Waals surface area contributed by atoms with Crippen molar-refractivity contribution in [2.24, 2.45) is 7.05 Å². The van der Waals surface area contributed by atoms with Crippen molar-refractivity contribution in [1.29, 1.82) is 0 Å². The number of amides is 1. The molecule has 3 N–H and O–H groups in total. The highest BCUT2D eigenvalue weighted by Crippen LogP contribution is 2.53. The minimum Gasteiger partial charge on any atom is -0.437 e. The lowest BCUT2D eigenvalue weighted by Crippen LogP contribution is -2.40. The van der Waals surface area contributed by atoms with Gasteiger partial charge in [-0.05, 0) is 46.8 Å². The average Bonchev–Trinajstić information content (AvgIpc) is 3.40. The Morgan fingerprint density at radius 3 is 2.58 bits per heavy atom. The van der Waals surface area contributed by atoms with Crippen LogP contribution >= 0.6 is 11.3 Å². The summed E-state index contributed by atoms with van der Waals surface area (Å²) >= 11 is 0.692. The van der Waals surface area contributed by atoms with Gasteiger partial charge in [0.15, 0.2) is 5.75 Å². The van der Waals surface area contributed by atoms with Gasteiger partial charge in [-0.1, -0.05) is 0 Å². The fraction of sp³-hybridized carbons (Fsp3) is 0.346. The molecule has 0 aliphatic heterocycles. The first kappa shape index (κ1) is 27.4. The van der Waals surface area contributed by atoms with E-state index in [9.17, 15) is 19.1 Å². The number of aromatic amines is 1. The molecule has 0 saturated carbocycles. The van der Waals surface area contributed by atoms with E-state index in [1.807, 2.05) is 0 Å². The van der Waals surface area contributed by atoms with E-state index in [4.69, 9.17) is 4.74 Å². The van der Waals surface area contributed by atoms with Gasteiger partial charge in [-0.25, -0.2) is 9.37 Å². The monoisotopic (exact) mass is 548 g/mol. The number of pyridine rings is 2. The number of ether oxygens (including phenoxy) is 1. The highest BCUT2D eigenvalue weighted by atomic mass is 32.1. The smallest absolute Gasteiger partial charge is 0.310 e. The Balaban J connectivity index is 2.04. The molecule has 0 fully saturated rings. The number of H-pyrrole nitrogens is 1. The molecule has 38 heavy (non-hydrogen) atoms. The second-order valence-corrected chi connectivity index (χ2v) is 10.5. The van der Waals surface area contributed by atoms with Crippen molar-refractivity contribution in [2.75, 3.05) is 6.54 Å². The Kier molecular flexibility index (Phi) is 6.91. The number of aryl methyl sites for hydroxylation is 2. The Hall–Kier alpha value is -3.64. The van der Waals surface area contributed by atoms with E-state index in [-0.39, 0.29) is 33.3 Å². The third-order valence-corrected chi connectivity index (χ3v) is 7.51. The van der Waals surface area contributed by atoms with Gasteiger partial charge in [0, 0.05) is 41.9 Å².